The Hall–Kier alpha value is -2.63. The van der Waals surface area contributed by atoms with Crippen molar-refractivity contribution in [2.24, 2.45) is 0 Å². The molecule has 2 N–H and O–H groups in total. The van der Waals surface area contributed by atoms with Gasteiger partial charge in [-0.15, -0.1) is 0 Å². The Kier molecular flexibility index (Phi) is 4.30. The Morgan fingerprint density at radius 3 is 2.55 bits per heavy atom. The molecule has 0 amide bonds. The van der Waals surface area contributed by atoms with E-state index in [1.165, 1.54) is 0 Å². The Morgan fingerprint density at radius 2 is 1.91 bits per heavy atom. The lowest BCUT2D eigenvalue weighted by atomic mass is 10.1. The number of rotatable bonds is 3. The molecule has 0 fully saturated rings. The minimum absolute atomic E-state index is 0.137. The predicted molar refractivity (Wildman–Crippen MR) is 82.9 cm³/mol. The van der Waals surface area contributed by atoms with E-state index in [9.17, 15) is 4.79 Å². The van der Waals surface area contributed by atoms with Crippen molar-refractivity contribution < 1.29 is 14.3 Å². The van der Waals surface area contributed by atoms with Crippen molar-refractivity contribution in [1.82, 2.24) is 9.97 Å². The maximum atomic E-state index is 12.0. The molecule has 116 valence electrons. The Morgan fingerprint density at radius 1 is 1.18 bits per heavy atom. The van der Waals surface area contributed by atoms with Crippen LogP contribution in [-0.2, 0) is 4.74 Å². The number of ether oxygens (including phenoxy) is 2. The van der Waals surface area contributed by atoms with Crippen molar-refractivity contribution >= 4 is 11.9 Å². The van der Waals surface area contributed by atoms with Crippen LogP contribution in [0.3, 0.4) is 0 Å². The molecule has 22 heavy (non-hydrogen) atoms. The summed E-state index contributed by atoms with van der Waals surface area (Å²) in [5.74, 6) is 0.529. The zero-order chi connectivity index (χ0) is 16.3. The Bertz CT molecular complexity index is 673. The van der Waals surface area contributed by atoms with E-state index in [1.54, 1.807) is 37.3 Å². The van der Waals surface area contributed by atoms with Crippen molar-refractivity contribution in [2.75, 3.05) is 5.73 Å². The monoisotopic (exact) mass is 301 g/mol. The second-order valence-electron chi connectivity index (χ2n) is 5.84. The molecule has 2 rings (SSSR count). The molecule has 0 spiro atoms. The minimum atomic E-state index is -0.549. The number of nitrogens with zero attached hydrogens (tertiary/aromatic N) is 2. The third-order valence-electron chi connectivity index (χ3n) is 2.54. The van der Waals surface area contributed by atoms with Crippen molar-refractivity contribution in [3.63, 3.8) is 0 Å². The Labute approximate surface area is 129 Å². The third-order valence-corrected chi connectivity index (χ3v) is 2.54. The largest absolute Gasteiger partial charge is 0.456 e. The summed E-state index contributed by atoms with van der Waals surface area (Å²) < 4.78 is 10.9. The van der Waals surface area contributed by atoms with Gasteiger partial charge in [0.2, 0.25) is 11.8 Å². The van der Waals surface area contributed by atoms with E-state index in [1.807, 2.05) is 20.8 Å². The van der Waals surface area contributed by atoms with Crippen LogP contribution < -0.4 is 10.5 Å². The smallest absolute Gasteiger partial charge is 0.338 e. The van der Waals surface area contributed by atoms with Crippen LogP contribution in [0.4, 0.5) is 5.95 Å². The average Bonchev–Trinajstić information content (AvgIpc) is 2.35. The van der Waals surface area contributed by atoms with Crippen molar-refractivity contribution in [3.8, 4) is 11.6 Å². The summed E-state index contributed by atoms with van der Waals surface area (Å²) in [5, 5.41) is 0. The van der Waals surface area contributed by atoms with Crippen molar-refractivity contribution in [3.05, 3.63) is 41.6 Å². The number of benzene rings is 1. The van der Waals surface area contributed by atoms with Gasteiger partial charge in [-0.1, -0.05) is 6.07 Å². The molecule has 1 aromatic heterocycles. The maximum absolute atomic E-state index is 12.0. The van der Waals surface area contributed by atoms with Gasteiger partial charge in [0.25, 0.3) is 0 Å². The number of carbonyl (C=O) groups is 1. The van der Waals surface area contributed by atoms with E-state index in [0.29, 0.717) is 22.9 Å². The van der Waals surface area contributed by atoms with Gasteiger partial charge in [-0.05, 0) is 45.9 Å². The quantitative estimate of drug-likeness (QED) is 0.876. The summed E-state index contributed by atoms with van der Waals surface area (Å²) in [6.07, 6.45) is 0. The van der Waals surface area contributed by atoms with E-state index in [4.69, 9.17) is 15.2 Å². The summed E-state index contributed by atoms with van der Waals surface area (Å²) in [6.45, 7) is 7.25. The summed E-state index contributed by atoms with van der Waals surface area (Å²) >= 11 is 0. The number of hydrogen-bond acceptors (Lipinski definition) is 6. The van der Waals surface area contributed by atoms with E-state index in [-0.39, 0.29) is 5.95 Å². The van der Waals surface area contributed by atoms with Gasteiger partial charge in [0.05, 0.1) is 5.56 Å². The first kappa shape index (κ1) is 15.8. The molecule has 0 unspecified atom stereocenters. The van der Waals surface area contributed by atoms with Crippen LogP contribution in [-0.4, -0.2) is 21.5 Å². The van der Waals surface area contributed by atoms with Crippen LogP contribution in [0.5, 0.6) is 11.6 Å². The molecule has 6 nitrogen and oxygen atoms in total. The molecule has 0 radical (unpaired) electrons. The first-order chi connectivity index (χ1) is 10.2. The Balaban J connectivity index is 2.19. The minimum Gasteiger partial charge on any atom is -0.456 e. The number of aryl methyl sites for hydroxylation is 1. The molecular formula is C16H19N3O3. The van der Waals surface area contributed by atoms with Crippen LogP contribution in [0.15, 0.2) is 30.3 Å². The number of carbonyl (C=O) groups excluding carboxylic acids is 1. The molecule has 0 aliphatic heterocycles. The van der Waals surface area contributed by atoms with Gasteiger partial charge in [0.15, 0.2) is 0 Å². The number of anilines is 1. The average molecular weight is 301 g/mol. The van der Waals surface area contributed by atoms with Crippen molar-refractivity contribution in [1.29, 1.82) is 0 Å². The van der Waals surface area contributed by atoms with Gasteiger partial charge in [-0.3, -0.25) is 0 Å². The van der Waals surface area contributed by atoms with E-state index in [2.05, 4.69) is 9.97 Å². The second kappa shape index (κ2) is 6.01. The van der Waals surface area contributed by atoms with Gasteiger partial charge < -0.3 is 15.2 Å². The SMILES string of the molecule is Cc1cc(Oc2cccc(C(=O)OC(C)(C)C)c2)nc(N)n1. The van der Waals surface area contributed by atoms with E-state index in [0.717, 1.165) is 0 Å². The maximum Gasteiger partial charge on any atom is 0.338 e. The fourth-order valence-electron chi connectivity index (χ4n) is 1.76. The topological polar surface area (TPSA) is 87.3 Å². The summed E-state index contributed by atoms with van der Waals surface area (Å²) in [6, 6.07) is 8.37. The molecule has 0 atom stereocenters. The van der Waals surface area contributed by atoms with Crippen LogP contribution >= 0.6 is 0 Å². The lowest BCUT2D eigenvalue weighted by Gasteiger charge is -2.19. The first-order valence-corrected chi connectivity index (χ1v) is 6.85. The molecule has 1 heterocycles. The summed E-state index contributed by atoms with van der Waals surface area (Å²) in [5.41, 5.74) is 6.14. The number of nitrogen functional groups attached to an aromatic ring is 1. The molecule has 0 aliphatic carbocycles. The lowest BCUT2D eigenvalue weighted by Crippen LogP contribution is -2.23. The van der Waals surface area contributed by atoms with Gasteiger partial charge >= 0.3 is 5.97 Å². The van der Waals surface area contributed by atoms with Gasteiger partial charge in [0.1, 0.15) is 11.4 Å². The highest BCUT2D eigenvalue weighted by Crippen LogP contribution is 2.22. The standard InChI is InChI=1S/C16H19N3O3/c1-10-8-13(19-15(17)18-10)21-12-7-5-6-11(9-12)14(20)22-16(2,3)4/h5-9H,1-4H3,(H2,17,18,19). The number of aromatic nitrogens is 2. The summed E-state index contributed by atoms with van der Waals surface area (Å²) in [4.78, 5) is 20.0. The second-order valence-corrected chi connectivity index (χ2v) is 5.84. The van der Waals surface area contributed by atoms with Crippen LogP contribution in [0.25, 0.3) is 0 Å². The van der Waals surface area contributed by atoms with Gasteiger partial charge in [0, 0.05) is 11.8 Å². The molecule has 0 bridgehead atoms. The molecular weight excluding hydrogens is 282 g/mol. The third kappa shape index (κ3) is 4.44. The zero-order valence-electron chi connectivity index (χ0n) is 13.1. The van der Waals surface area contributed by atoms with Crippen LogP contribution in [0.2, 0.25) is 0 Å². The van der Waals surface area contributed by atoms with E-state index >= 15 is 0 Å². The van der Waals surface area contributed by atoms with Gasteiger partial charge in [-0.25, -0.2) is 9.78 Å². The molecule has 1 aromatic carbocycles. The fourth-order valence-corrected chi connectivity index (χ4v) is 1.76. The fraction of sp³-hybridized carbons (Fsp3) is 0.312. The molecule has 0 aliphatic rings. The highest BCUT2D eigenvalue weighted by molar-refractivity contribution is 5.90. The number of esters is 1. The number of hydrogen-bond donors (Lipinski definition) is 1. The van der Waals surface area contributed by atoms with E-state index < -0.39 is 11.6 Å². The van der Waals surface area contributed by atoms with Crippen LogP contribution in [0.1, 0.15) is 36.8 Å². The molecule has 0 saturated carbocycles. The van der Waals surface area contributed by atoms with Crippen LogP contribution in [0, 0.1) is 6.92 Å². The molecule has 6 heteroatoms. The lowest BCUT2D eigenvalue weighted by molar-refractivity contribution is 0.00692. The first-order valence-electron chi connectivity index (χ1n) is 6.85. The molecule has 0 saturated heterocycles. The zero-order valence-corrected chi connectivity index (χ0v) is 13.1. The molecule has 2 aromatic rings. The predicted octanol–water partition coefficient (Wildman–Crippen LogP) is 3.11. The highest BCUT2D eigenvalue weighted by atomic mass is 16.6. The number of nitrogens with two attached hydrogens (primary N) is 1. The summed E-state index contributed by atoms with van der Waals surface area (Å²) in [7, 11) is 0. The highest BCUT2D eigenvalue weighted by Gasteiger charge is 2.18. The van der Waals surface area contributed by atoms with Crippen molar-refractivity contribution in [2.45, 2.75) is 33.3 Å². The normalized spacial score (nSPS) is 11.1. The van der Waals surface area contributed by atoms with Gasteiger partial charge in [-0.2, -0.15) is 4.98 Å².